The molecular formula is C15H17Cl2NO2. The minimum absolute atomic E-state index is 0.00320. The van der Waals surface area contributed by atoms with E-state index < -0.39 is 0 Å². The van der Waals surface area contributed by atoms with Crippen LogP contribution in [0, 0.1) is 5.41 Å². The van der Waals surface area contributed by atoms with Gasteiger partial charge in [-0.25, -0.2) is 0 Å². The van der Waals surface area contributed by atoms with E-state index in [1.165, 1.54) is 6.08 Å². The molecule has 2 rings (SSSR count). The molecule has 0 bridgehead atoms. The van der Waals surface area contributed by atoms with Crippen LogP contribution in [0.2, 0.25) is 10.0 Å². The van der Waals surface area contributed by atoms with Crippen molar-refractivity contribution in [1.29, 1.82) is 0 Å². The lowest BCUT2D eigenvalue weighted by Crippen LogP contribution is -2.60. The van der Waals surface area contributed by atoms with Crippen LogP contribution < -0.4 is 5.32 Å². The predicted molar refractivity (Wildman–Crippen MR) is 81.8 cm³/mol. The highest BCUT2D eigenvalue weighted by molar-refractivity contribution is 6.42. The number of nitrogens with one attached hydrogen (secondary N) is 1. The Labute approximate surface area is 128 Å². The maximum absolute atomic E-state index is 11.8. The van der Waals surface area contributed by atoms with Crippen LogP contribution in [0.5, 0.6) is 0 Å². The molecule has 2 N–H and O–H groups in total. The molecule has 0 aliphatic heterocycles. The van der Waals surface area contributed by atoms with E-state index in [0.717, 1.165) is 5.56 Å². The summed E-state index contributed by atoms with van der Waals surface area (Å²) in [5.41, 5.74) is 0.537. The van der Waals surface area contributed by atoms with Gasteiger partial charge in [-0.3, -0.25) is 4.79 Å². The normalized spacial score (nSPS) is 24.4. The molecule has 3 nitrogen and oxygen atoms in total. The van der Waals surface area contributed by atoms with Gasteiger partial charge in [-0.15, -0.1) is 0 Å². The molecule has 108 valence electrons. The summed E-state index contributed by atoms with van der Waals surface area (Å²) in [7, 11) is 0. The van der Waals surface area contributed by atoms with E-state index in [2.05, 4.69) is 5.32 Å². The molecule has 0 radical (unpaired) electrons. The average Bonchev–Trinajstić information content (AvgIpc) is 2.40. The van der Waals surface area contributed by atoms with E-state index in [0.29, 0.717) is 16.5 Å². The van der Waals surface area contributed by atoms with Crippen LogP contribution in [-0.4, -0.2) is 23.2 Å². The standard InChI is InChI=1S/C15H17Cl2NO2/c1-15(2)12(8-13(15)19)18-14(20)6-4-9-3-5-10(16)11(17)7-9/h3-7,12-13,19H,8H2,1-2H3,(H,18,20)/b6-4+. The SMILES string of the molecule is CC1(C)C(O)CC1NC(=O)/C=C/c1ccc(Cl)c(Cl)c1. The van der Waals surface area contributed by atoms with Gasteiger partial charge in [-0.05, 0) is 30.2 Å². The molecule has 1 aromatic rings. The molecule has 0 aromatic heterocycles. The summed E-state index contributed by atoms with van der Waals surface area (Å²) >= 11 is 11.7. The third kappa shape index (κ3) is 3.17. The van der Waals surface area contributed by atoms with E-state index in [1.54, 1.807) is 24.3 Å². The zero-order valence-electron chi connectivity index (χ0n) is 11.4. The Bertz CT molecular complexity index is 555. The molecule has 0 saturated heterocycles. The van der Waals surface area contributed by atoms with Crippen molar-refractivity contribution >= 4 is 35.2 Å². The van der Waals surface area contributed by atoms with Crippen LogP contribution >= 0.6 is 23.2 Å². The zero-order chi connectivity index (χ0) is 14.9. The average molecular weight is 314 g/mol. The Morgan fingerprint density at radius 1 is 1.40 bits per heavy atom. The van der Waals surface area contributed by atoms with Crippen molar-refractivity contribution in [3.8, 4) is 0 Å². The van der Waals surface area contributed by atoms with Gasteiger partial charge < -0.3 is 10.4 Å². The van der Waals surface area contributed by atoms with Crippen molar-refractivity contribution in [2.45, 2.75) is 32.4 Å². The van der Waals surface area contributed by atoms with Crippen molar-refractivity contribution in [2.75, 3.05) is 0 Å². The highest BCUT2D eigenvalue weighted by Gasteiger charge is 2.47. The molecule has 2 unspecified atom stereocenters. The number of aliphatic hydroxyl groups is 1. The molecule has 1 aliphatic rings. The Hall–Kier alpha value is -1.03. The quantitative estimate of drug-likeness (QED) is 0.841. The first-order valence-electron chi connectivity index (χ1n) is 6.42. The summed E-state index contributed by atoms with van der Waals surface area (Å²) in [6.07, 6.45) is 3.38. The monoisotopic (exact) mass is 313 g/mol. The molecule has 1 aromatic carbocycles. The molecule has 1 amide bonds. The number of benzene rings is 1. The lowest BCUT2D eigenvalue weighted by molar-refractivity contribution is -0.124. The predicted octanol–water partition coefficient (Wildman–Crippen LogP) is 3.28. The second-order valence-corrected chi connectivity index (χ2v) is 6.46. The molecule has 1 fully saturated rings. The van der Waals surface area contributed by atoms with E-state index in [9.17, 15) is 9.90 Å². The van der Waals surface area contributed by atoms with Gasteiger partial charge in [0.1, 0.15) is 0 Å². The van der Waals surface area contributed by atoms with Crippen molar-refractivity contribution in [2.24, 2.45) is 5.41 Å². The van der Waals surface area contributed by atoms with Gasteiger partial charge >= 0.3 is 0 Å². The summed E-state index contributed by atoms with van der Waals surface area (Å²) < 4.78 is 0. The van der Waals surface area contributed by atoms with E-state index in [1.807, 2.05) is 13.8 Å². The van der Waals surface area contributed by atoms with Crippen molar-refractivity contribution in [1.82, 2.24) is 5.32 Å². The number of halogens is 2. The Morgan fingerprint density at radius 3 is 2.65 bits per heavy atom. The number of aliphatic hydroxyl groups excluding tert-OH is 1. The van der Waals surface area contributed by atoms with E-state index in [-0.39, 0.29) is 23.5 Å². The topological polar surface area (TPSA) is 49.3 Å². The summed E-state index contributed by atoms with van der Waals surface area (Å²) in [5.74, 6) is -0.180. The van der Waals surface area contributed by atoms with Crippen molar-refractivity contribution < 1.29 is 9.90 Å². The van der Waals surface area contributed by atoms with Gasteiger partial charge in [-0.2, -0.15) is 0 Å². The maximum Gasteiger partial charge on any atom is 0.244 e. The zero-order valence-corrected chi connectivity index (χ0v) is 12.9. The third-order valence-corrected chi connectivity index (χ3v) is 4.64. The molecule has 0 spiro atoms. The van der Waals surface area contributed by atoms with E-state index in [4.69, 9.17) is 23.2 Å². The van der Waals surface area contributed by atoms with Crippen LogP contribution in [0.1, 0.15) is 25.8 Å². The van der Waals surface area contributed by atoms with Crippen LogP contribution in [0.4, 0.5) is 0 Å². The minimum Gasteiger partial charge on any atom is -0.392 e. The fourth-order valence-corrected chi connectivity index (χ4v) is 2.46. The van der Waals surface area contributed by atoms with Crippen LogP contribution in [0.25, 0.3) is 6.08 Å². The van der Waals surface area contributed by atoms with Gasteiger partial charge in [0.2, 0.25) is 5.91 Å². The number of carbonyl (C=O) groups excluding carboxylic acids is 1. The van der Waals surface area contributed by atoms with Gasteiger partial charge in [0.15, 0.2) is 0 Å². The summed E-state index contributed by atoms with van der Waals surface area (Å²) in [5, 5.41) is 13.5. The first-order chi connectivity index (χ1) is 9.30. The molecular weight excluding hydrogens is 297 g/mol. The number of carbonyl (C=O) groups is 1. The lowest BCUT2D eigenvalue weighted by atomic mass is 9.64. The van der Waals surface area contributed by atoms with Gasteiger partial charge in [-0.1, -0.05) is 43.1 Å². The fourth-order valence-electron chi connectivity index (χ4n) is 2.16. The number of rotatable bonds is 3. The molecule has 5 heteroatoms. The summed E-state index contributed by atoms with van der Waals surface area (Å²) in [4.78, 5) is 11.8. The van der Waals surface area contributed by atoms with Crippen LogP contribution in [0.15, 0.2) is 24.3 Å². The fraction of sp³-hybridized carbons (Fsp3) is 0.400. The maximum atomic E-state index is 11.8. The molecule has 20 heavy (non-hydrogen) atoms. The van der Waals surface area contributed by atoms with Crippen LogP contribution in [0.3, 0.4) is 0 Å². The molecule has 1 saturated carbocycles. The van der Waals surface area contributed by atoms with Gasteiger partial charge in [0.25, 0.3) is 0 Å². The van der Waals surface area contributed by atoms with Gasteiger partial charge in [0, 0.05) is 17.5 Å². The first kappa shape index (κ1) is 15.4. The third-order valence-electron chi connectivity index (χ3n) is 3.90. The molecule has 2 atom stereocenters. The van der Waals surface area contributed by atoms with E-state index >= 15 is 0 Å². The lowest BCUT2D eigenvalue weighted by Gasteiger charge is -2.49. The second kappa shape index (κ2) is 5.76. The number of amides is 1. The summed E-state index contributed by atoms with van der Waals surface area (Å²) in [6.45, 7) is 3.88. The smallest absolute Gasteiger partial charge is 0.244 e. The largest absolute Gasteiger partial charge is 0.392 e. The number of hydrogen-bond donors (Lipinski definition) is 2. The Kier molecular flexibility index (Phi) is 4.43. The van der Waals surface area contributed by atoms with Gasteiger partial charge in [0.05, 0.1) is 16.1 Å². The highest BCUT2D eigenvalue weighted by atomic mass is 35.5. The highest BCUT2D eigenvalue weighted by Crippen LogP contribution is 2.40. The van der Waals surface area contributed by atoms with Crippen LogP contribution in [-0.2, 0) is 4.79 Å². The molecule has 1 aliphatic carbocycles. The summed E-state index contributed by atoms with van der Waals surface area (Å²) in [6, 6.07) is 5.18. The number of hydrogen-bond acceptors (Lipinski definition) is 2. The minimum atomic E-state index is -0.355. The Balaban J connectivity index is 1.94. The van der Waals surface area contributed by atoms with Crippen molar-refractivity contribution in [3.63, 3.8) is 0 Å². The first-order valence-corrected chi connectivity index (χ1v) is 7.18. The molecule has 0 heterocycles. The van der Waals surface area contributed by atoms with Crippen molar-refractivity contribution in [3.05, 3.63) is 39.9 Å². The second-order valence-electron chi connectivity index (χ2n) is 5.64. The Morgan fingerprint density at radius 2 is 2.10 bits per heavy atom.